The molecule has 0 saturated carbocycles. The number of ketones is 1. The number of hydrogen-bond acceptors (Lipinski definition) is 4. The van der Waals surface area contributed by atoms with Crippen molar-refractivity contribution in [2.45, 2.75) is 26.3 Å². The highest BCUT2D eigenvalue weighted by atomic mass is 35.5. The summed E-state index contributed by atoms with van der Waals surface area (Å²) >= 11 is 13.3. The van der Waals surface area contributed by atoms with E-state index in [1.807, 2.05) is 12.1 Å². The number of nitrogens with zero attached hydrogens (tertiary/aromatic N) is 2. The van der Waals surface area contributed by atoms with Gasteiger partial charge in [0.15, 0.2) is 5.78 Å². The van der Waals surface area contributed by atoms with Crippen LogP contribution in [-0.2, 0) is 11.3 Å². The number of halogens is 2. The molecule has 0 aliphatic carbocycles. The molecule has 0 bridgehead atoms. The molecule has 4 rings (SSSR count). The molecular weight excluding hydrogens is 491 g/mol. The van der Waals surface area contributed by atoms with Gasteiger partial charge in [0.2, 0.25) is 5.91 Å². The second-order valence-corrected chi connectivity index (χ2v) is 10.3. The van der Waals surface area contributed by atoms with Gasteiger partial charge >= 0.3 is 0 Å². The Hall–Kier alpha value is -2.67. The Balaban J connectivity index is 1.76. The van der Waals surface area contributed by atoms with E-state index in [9.17, 15) is 14.4 Å². The molecule has 0 unspecified atom stereocenters. The van der Waals surface area contributed by atoms with Crippen LogP contribution in [0.15, 0.2) is 53.3 Å². The molecule has 5 nitrogen and oxygen atoms in total. The van der Waals surface area contributed by atoms with Crippen LogP contribution in [-0.4, -0.2) is 34.2 Å². The molecule has 0 spiro atoms. The third-order valence-electron chi connectivity index (χ3n) is 5.93. The number of carbonyl (C=O) groups is 2. The average Bonchev–Trinajstić information content (AvgIpc) is 3.10. The lowest BCUT2D eigenvalue weighted by molar-refractivity contribution is -0.133. The van der Waals surface area contributed by atoms with Crippen molar-refractivity contribution < 1.29 is 9.59 Å². The van der Waals surface area contributed by atoms with E-state index in [1.54, 1.807) is 47.4 Å². The highest BCUT2D eigenvalue weighted by molar-refractivity contribution is 7.07. The zero-order valence-corrected chi connectivity index (χ0v) is 21.0. The Morgan fingerprint density at radius 2 is 1.74 bits per heavy atom. The summed E-state index contributed by atoms with van der Waals surface area (Å²) in [5, 5.41) is 0.933. The number of thiazole rings is 1. The first-order valence-corrected chi connectivity index (χ1v) is 12.6. The highest BCUT2D eigenvalue weighted by Gasteiger charge is 2.21. The van der Waals surface area contributed by atoms with Crippen molar-refractivity contribution in [1.82, 2.24) is 9.47 Å². The number of piperidine rings is 1. The third kappa shape index (κ3) is 5.69. The third-order valence-corrected chi connectivity index (χ3v) is 7.57. The highest BCUT2D eigenvalue weighted by Crippen LogP contribution is 2.17. The van der Waals surface area contributed by atoms with E-state index in [0.717, 1.165) is 18.4 Å². The van der Waals surface area contributed by atoms with Gasteiger partial charge < -0.3 is 4.90 Å². The molecule has 176 valence electrons. The van der Waals surface area contributed by atoms with E-state index in [4.69, 9.17) is 23.2 Å². The first-order valence-electron chi connectivity index (χ1n) is 11.1. The molecule has 2 heterocycles. The fourth-order valence-electron chi connectivity index (χ4n) is 3.85. The maximum atomic E-state index is 13.3. The Morgan fingerprint density at radius 3 is 2.41 bits per heavy atom. The lowest BCUT2D eigenvalue weighted by Crippen LogP contribution is -2.43. The second kappa shape index (κ2) is 10.7. The van der Waals surface area contributed by atoms with Gasteiger partial charge in [0.1, 0.15) is 11.2 Å². The van der Waals surface area contributed by atoms with E-state index in [2.05, 4.69) is 6.92 Å². The molecule has 1 aromatic heterocycles. The SMILES string of the molecule is CC1CCN(C(=O)Cn2c(=O)/c(=C/c3ccc(Cl)cc3)s/c2=C\C(=O)c2ccccc2Cl)CC1. The van der Waals surface area contributed by atoms with Gasteiger partial charge in [0.05, 0.1) is 9.55 Å². The quantitative estimate of drug-likeness (QED) is 0.484. The van der Waals surface area contributed by atoms with Gasteiger partial charge in [-0.2, -0.15) is 0 Å². The van der Waals surface area contributed by atoms with E-state index in [0.29, 0.717) is 43.8 Å². The maximum absolute atomic E-state index is 13.3. The predicted octanol–water partition coefficient (Wildman–Crippen LogP) is 3.97. The van der Waals surface area contributed by atoms with Crippen LogP contribution in [0.2, 0.25) is 10.0 Å². The second-order valence-electron chi connectivity index (χ2n) is 8.44. The zero-order chi connectivity index (χ0) is 24.2. The van der Waals surface area contributed by atoms with Crippen LogP contribution in [0.5, 0.6) is 0 Å². The van der Waals surface area contributed by atoms with Crippen LogP contribution in [0.25, 0.3) is 12.2 Å². The minimum absolute atomic E-state index is 0.111. The maximum Gasteiger partial charge on any atom is 0.269 e. The topological polar surface area (TPSA) is 59.4 Å². The summed E-state index contributed by atoms with van der Waals surface area (Å²) in [5.74, 6) is 0.146. The van der Waals surface area contributed by atoms with Gasteiger partial charge in [-0.3, -0.25) is 19.0 Å². The fraction of sp³-hybridized carbons (Fsp3) is 0.269. The Kier molecular flexibility index (Phi) is 7.71. The average molecular weight is 515 g/mol. The fourth-order valence-corrected chi connectivity index (χ4v) is 5.24. The molecular formula is C26H24Cl2N2O3S. The number of carbonyl (C=O) groups excluding carboxylic acids is 2. The molecule has 34 heavy (non-hydrogen) atoms. The molecule has 3 aromatic rings. The van der Waals surface area contributed by atoms with Crippen LogP contribution < -0.4 is 14.8 Å². The number of Topliss-reactive ketones (excluding diaryl/α,β-unsaturated/α-hetero) is 1. The van der Waals surface area contributed by atoms with Gasteiger partial charge in [-0.05, 0) is 54.7 Å². The Bertz CT molecular complexity index is 1380. The summed E-state index contributed by atoms with van der Waals surface area (Å²) in [7, 11) is 0. The van der Waals surface area contributed by atoms with Gasteiger partial charge in [0, 0.05) is 29.8 Å². The van der Waals surface area contributed by atoms with Gasteiger partial charge in [-0.1, -0.05) is 54.4 Å². The normalized spacial score (nSPS) is 15.7. The molecule has 8 heteroatoms. The molecule has 0 radical (unpaired) electrons. The van der Waals surface area contributed by atoms with Gasteiger partial charge in [-0.25, -0.2) is 0 Å². The minimum Gasteiger partial charge on any atom is -0.341 e. The van der Waals surface area contributed by atoms with Crippen molar-refractivity contribution >= 4 is 58.4 Å². The van der Waals surface area contributed by atoms with Gasteiger partial charge in [0.25, 0.3) is 5.56 Å². The van der Waals surface area contributed by atoms with Crippen molar-refractivity contribution in [3.05, 3.63) is 89.3 Å². The molecule has 1 amide bonds. The molecule has 0 atom stereocenters. The predicted molar refractivity (Wildman–Crippen MR) is 138 cm³/mol. The van der Waals surface area contributed by atoms with Crippen molar-refractivity contribution in [3.8, 4) is 0 Å². The van der Waals surface area contributed by atoms with E-state index >= 15 is 0 Å². The zero-order valence-electron chi connectivity index (χ0n) is 18.7. The molecule has 0 N–H and O–H groups in total. The Morgan fingerprint density at radius 1 is 1.06 bits per heavy atom. The van der Waals surface area contributed by atoms with Crippen molar-refractivity contribution in [1.29, 1.82) is 0 Å². The molecule has 1 aliphatic rings. The smallest absolute Gasteiger partial charge is 0.269 e. The summed E-state index contributed by atoms with van der Waals surface area (Å²) in [6, 6.07) is 13.9. The van der Waals surface area contributed by atoms with Crippen molar-refractivity contribution in [2.24, 2.45) is 5.92 Å². The standard InChI is InChI=1S/C26H24Cl2N2O3S/c1-17-10-12-29(13-11-17)24(32)16-30-25(15-22(31)20-4-2-3-5-21(20)28)34-23(26(30)33)14-18-6-8-19(27)9-7-18/h2-9,14-15,17H,10-13,16H2,1H3/b23-14-,25-15-. The number of hydrogen-bond donors (Lipinski definition) is 0. The number of amides is 1. The van der Waals surface area contributed by atoms with E-state index < -0.39 is 0 Å². The van der Waals surface area contributed by atoms with Crippen LogP contribution in [0.1, 0.15) is 35.7 Å². The lowest BCUT2D eigenvalue weighted by atomic mass is 9.99. The molecule has 2 aromatic carbocycles. The van der Waals surface area contributed by atoms with Gasteiger partial charge in [-0.15, -0.1) is 11.3 Å². The van der Waals surface area contributed by atoms with E-state index in [-0.39, 0.29) is 23.8 Å². The van der Waals surface area contributed by atoms with Crippen LogP contribution >= 0.6 is 34.5 Å². The number of rotatable bonds is 5. The molecule has 1 aliphatic heterocycles. The summed E-state index contributed by atoms with van der Waals surface area (Å²) in [6.07, 6.45) is 5.02. The molecule has 1 fully saturated rings. The minimum atomic E-state index is -0.321. The van der Waals surface area contributed by atoms with Crippen molar-refractivity contribution in [3.63, 3.8) is 0 Å². The van der Waals surface area contributed by atoms with Crippen molar-refractivity contribution in [2.75, 3.05) is 13.1 Å². The number of benzene rings is 2. The summed E-state index contributed by atoms with van der Waals surface area (Å²) in [6.45, 7) is 3.43. The summed E-state index contributed by atoms with van der Waals surface area (Å²) in [5.41, 5.74) is 0.836. The first kappa shape index (κ1) is 24.5. The summed E-state index contributed by atoms with van der Waals surface area (Å²) in [4.78, 5) is 41.1. The van der Waals surface area contributed by atoms with Crippen LogP contribution in [0.4, 0.5) is 0 Å². The van der Waals surface area contributed by atoms with Crippen LogP contribution in [0.3, 0.4) is 0 Å². The van der Waals surface area contributed by atoms with Crippen LogP contribution in [0, 0.1) is 5.92 Å². The molecule has 1 saturated heterocycles. The first-order chi connectivity index (χ1) is 16.3. The lowest BCUT2D eigenvalue weighted by Gasteiger charge is -2.30. The van der Waals surface area contributed by atoms with E-state index in [1.165, 1.54) is 22.0 Å². The number of likely N-dealkylation sites (tertiary alicyclic amines) is 1. The monoisotopic (exact) mass is 514 g/mol. The largest absolute Gasteiger partial charge is 0.341 e. The Labute approximate surface area is 211 Å². The number of aromatic nitrogens is 1. The summed E-state index contributed by atoms with van der Waals surface area (Å²) < 4.78 is 2.23.